The maximum atomic E-state index is 11.8. The summed E-state index contributed by atoms with van der Waals surface area (Å²) in [5.74, 6) is -0.336. The maximum Gasteiger partial charge on any atom is 0.270 e. The Morgan fingerprint density at radius 1 is 1.47 bits per heavy atom. The van der Waals surface area contributed by atoms with Crippen LogP contribution in [0.1, 0.15) is 35.7 Å². The van der Waals surface area contributed by atoms with Gasteiger partial charge >= 0.3 is 0 Å². The highest BCUT2D eigenvalue weighted by atomic mass is 16.6. The Morgan fingerprint density at radius 2 is 2.16 bits per heavy atom. The van der Waals surface area contributed by atoms with Gasteiger partial charge in [0.1, 0.15) is 0 Å². The molecule has 1 unspecified atom stereocenters. The average Bonchev–Trinajstić information content (AvgIpc) is 2.33. The van der Waals surface area contributed by atoms with Crippen molar-refractivity contribution < 1.29 is 14.8 Å². The summed E-state index contributed by atoms with van der Waals surface area (Å²) in [6.45, 7) is 3.83. The number of amides is 1. The number of nitro groups is 1. The number of hydrogen-bond acceptors (Lipinski definition) is 4. The number of aliphatic hydroxyl groups excluding tert-OH is 1. The monoisotopic (exact) mass is 266 g/mol. The zero-order chi connectivity index (χ0) is 14.4. The SMILES string of the molecule is Cc1cc(C(=O)NCCCC(C)O)cc([N+](=O)[O-])c1. The predicted octanol–water partition coefficient (Wildman–Crippen LogP) is 1.79. The lowest BCUT2D eigenvalue weighted by molar-refractivity contribution is -0.384. The molecule has 1 aromatic carbocycles. The molecule has 0 aliphatic rings. The lowest BCUT2D eigenvalue weighted by atomic mass is 10.1. The zero-order valence-corrected chi connectivity index (χ0v) is 11.0. The number of aliphatic hydroxyl groups is 1. The van der Waals surface area contributed by atoms with Crippen LogP contribution in [-0.4, -0.2) is 28.6 Å². The van der Waals surface area contributed by atoms with Crippen molar-refractivity contribution in [3.05, 3.63) is 39.4 Å². The Morgan fingerprint density at radius 3 is 2.74 bits per heavy atom. The molecule has 1 amide bonds. The number of carbonyl (C=O) groups excluding carboxylic acids is 1. The molecule has 0 aliphatic carbocycles. The van der Waals surface area contributed by atoms with Gasteiger partial charge in [0.25, 0.3) is 11.6 Å². The fraction of sp³-hybridized carbons (Fsp3) is 0.462. The van der Waals surface area contributed by atoms with Crippen LogP contribution in [-0.2, 0) is 0 Å². The van der Waals surface area contributed by atoms with Crippen LogP contribution < -0.4 is 5.32 Å². The summed E-state index contributed by atoms with van der Waals surface area (Å²) in [6.07, 6.45) is 0.878. The molecule has 1 aromatic rings. The first-order valence-electron chi connectivity index (χ1n) is 6.12. The summed E-state index contributed by atoms with van der Waals surface area (Å²) in [7, 11) is 0. The largest absolute Gasteiger partial charge is 0.393 e. The maximum absolute atomic E-state index is 11.8. The number of aryl methyl sites for hydroxylation is 1. The molecule has 0 saturated heterocycles. The second-order valence-corrected chi connectivity index (χ2v) is 4.56. The van der Waals surface area contributed by atoms with Crippen molar-refractivity contribution in [3.8, 4) is 0 Å². The van der Waals surface area contributed by atoms with Crippen LogP contribution in [0.5, 0.6) is 0 Å². The Kier molecular flexibility index (Phi) is 5.44. The lowest BCUT2D eigenvalue weighted by Crippen LogP contribution is -2.25. The van der Waals surface area contributed by atoms with Crippen LogP contribution in [0.2, 0.25) is 0 Å². The van der Waals surface area contributed by atoms with Crippen LogP contribution in [0, 0.1) is 17.0 Å². The Labute approximate surface area is 111 Å². The van der Waals surface area contributed by atoms with E-state index in [1.807, 2.05) is 0 Å². The molecule has 19 heavy (non-hydrogen) atoms. The average molecular weight is 266 g/mol. The quantitative estimate of drug-likeness (QED) is 0.466. The van der Waals surface area contributed by atoms with Crippen LogP contribution in [0.15, 0.2) is 18.2 Å². The molecule has 0 bridgehead atoms. The number of rotatable bonds is 6. The molecule has 0 saturated carbocycles. The number of nitrogens with one attached hydrogen (secondary N) is 1. The number of nitrogens with zero attached hydrogens (tertiary/aromatic N) is 1. The highest BCUT2D eigenvalue weighted by Crippen LogP contribution is 2.16. The highest BCUT2D eigenvalue weighted by molar-refractivity contribution is 5.95. The van der Waals surface area contributed by atoms with Crippen molar-refractivity contribution in [1.82, 2.24) is 5.32 Å². The van der Waals surface area contributed by atoms with Crippen molar-refractivity contribution in [1.29, 1.82) is 0 Å². The van der Waals surface area contributed by atoms with E-state index < -0.39 is 11.0 Å². The second kappa shape index (κ2) is 6.84. The topological polar surface area (TPSA) is 92.5 Å². The fourth-order valence-electron chi connectivity index (χ4n) is 1.70. The molecule has 0 aromatic heterocycles. The molecule has 0 aliphatic heterocycles. The minimum Gasteiger partial charge on any atom is -0.393 e. The molecular weight excluding hydrogens is 248 g/mol. The van der Waals surface area contributed by atoms with Gasteiger partial charge in [-0.3, -0.25) is 14.9 Å². The van der Waals surface area contributed by atoms with Gasteiger partial charge in [0.2, 0.25) is 0 Å². The molecule has 0 heterocycles. The van der Waals surface area contributed by atoms with E-state index in [2.05, 4.69) is 5.32 Å². The Bertz CT molecular complexity index is 472. The van der Waals surface area contributed by atoms with Gasteiger partial charge in [0.15, 0.2) is 0 Å². The van der Waals surface area contributed by atoms with Crippen molar-refractivity contribution >= 4 is 11.6 Å². The molecule has 6 nitrogen and oxygen atoms in total. The Hall–Kier alpha value is -1.95. The number of carbonyl (C=O) groups is 1. The van der Waals surface area contributed by atoms with Crippen molar-refractivity contribution in [2.75, 3.05) is 6.54 Å². The van der Waals surface area contributed by atoms with Crippen LogP contribution in [0.3, 0.4) is 0 Å². The predicted molar refractivity (Wildman–Crippen MR) is 71.1 cm³/mol. The Balaban J connectivity index is 2.64. The van der Waals surface area contributed by atoms with Crippen LogP contribution in [0.4, 0.5) is 5.69 Å². The van der Waals surface area contributed by atoms with E-state index in [4.69, 9.17) is 5.11 Å². The van der Waals surface area contributed by atoms with E-state index in [1.165, 1.54) is 12.1 Å². The third-order valence-corrected chi connectivity index (χ3v) is 2.62. The van der Waals surface area contributed by atoms with Gasteiger partial charge in [-0.1, -0.05) is 0 Å². The van der Waals surface area contributed by atoms with E-state index in [0.29, 0.717) is 24.9 Å². The number of nitro benzene ring substituents is 1. The van der Waals surface area contributed by atoms with Gasteiger partial charge in [-0.2, -0.15) is 0 Å². The summed E-state index contributed by atoms with van der Waals surface area (Å²) >= 11 is 0. The molecule has 1 rings (SSSR count). The van der Waals surface area contributed by atoms with Crippen molar-refractivity contribution in [3.63, 3.8) is 0 Å². The van der Waals surface area contributed by atoms with Gasteiger partial charge in [-0.25, -0.2) is 0 Å². The number of hydrogen-bond donors (Lipinski definition) is 2. The van der Waals surface area contributed by atoms with Gasteiger partial charge < -0.3 is 10.4 Å². The van der Waals surface area contributed by atoms with E-state index in [-0.39, 0.29) is 17.2 Å². The van der Waals surface area contributed by atoms with Gasteiger partial charge in [-0.15, -0.1) is 0 Å². The molecule has 0 radical (unpaired) electrons. The molecule has 0 spiro atoms. The van der Waals surface area contributed by atoms with E-state index in [0.717, 1.165) is 0 Å². The molecule has 104 valence electrons. The number of non-ortho nitro benzene ring substituents is 1. The van der Waals surface area contributed by atoms with Crippen molar-refractivity contribution in [2.45, 2.75) is 32.8 Å². The first-order valence-corrected chi connectivity index (χ1v) is 6.12. The number of benzene rings is 1. The molecule has 6 heteroatoms. The summed E-state index contributed by atoms with van der Waals surface area (Å²) < 4.78 is 0. The molecule has 0 fully saturated rings. The summed E-state index contributed by atoms with van der Waals surface area (Å²) in [5.41, 5.74) is 0.862. The van der Waals surface area contributed by atoms with E-state index >= 15 is 0 Å². The minimum atomic E-state index is -0.517. The van der Waals surface area contributed by atoms with E-state index in [9.17, 15) is 14.9 Å². The summed E-state index contributed by atoms with van der Waals surface area (Å²) in [5, 5.41) is 22.5. The zero-order valence-electron chi connectivity index (χ0n) is 11.0. The van der Waals surface area contributed by atoms with Gasteiger partial charge in [0, 0.05) is 24.2 Å². The fourth-order valence-corrected chi connectivity index (χ4v) is 1.70. The second-order valence-electron chi connectivity index (χ2n) is 4.56. The first-order chi connectivity index (χ1) is 8.90. The minimum absolute atomic E-state index is 0.0888. The first kappa shape index (κ1) is 15.1. The highest BCUT2D eigenvalue weighted by Gasteiger charge is 2.12. The lowest BCUT2D eigenvalue weighted by Gasteiger charge is -2.07. The van der Waals surface area contributed by atoms with Crippen molar-refractivity contribution in [2.24, 2.45) is 0 Å². The normalized spacial score (nSPS) is 11.9. The summed E-state index contributed by atoms with van der Waals surface area (Å²) in [6, 6.07) is 4.29. The molecule has 1 atom stereocenters. The van der Waals surface area contributed by atoms with Gasteiger partial charge in [0.05, 0.1) is 11.0 Å². The molecule has 2 N–H and O–H groups in total. The van der Waals surface area contributed by atoms with E-state index in [1.54, 1.807) is 19.9 Å². The molecular formula is C13H18N2O4. The third kappa shape index (κ3) is 5.05. The van der Waals surface area contributed by atoms with Gasteiger partial charge in [-0.05, 0) is 38.3 Å². The smallest absolute Gasteiger partial charge is 0.270 e. The summed E-state index contributed by atoms with van der Waals surface area (Å²) in [4.78, 5) is 22.0. The van der Waals surface area contributed by atoms with Crippen LogP contribution in [0.25, 0.3) is 0 Å². The third-order valence-electron chi connectivity index (χ3n) is 2.62. The standard InChI is InChI=1S/C13H18N2O4/c1-9-6-11(8-12(7-9)15(18)19)13(17)14-5-3-4-10(2)16/h6-8,10,16H,3-5H2,1-2H3,(H,14,17). The van der Waals surface area contributed by atoms with Crippen LogP contribution >= 0.6 is 0 Å².